The van der Waals surface area contributed by atoms with Gasteiger partial charge in [-0.25, -0.2) is 0 Å². The number of carbonyl (C=O) groups excluding carboxylic acids is 2. The van der Waals surface area contributed by atoms with Gasteiger partial charge < -0.3 is 23.7 Å². The van der Waals surface area contributed by atoms with Crippen molar-refractivity contribution >= 4 is 11.9 Å². The first-order valence-corrected chi connectivity index (χ1v) is 7.73. The monoisotopic (exact) mass is 320 g/mol. The highest BCUT2D eigenvalue weighted by Crippen LogP contribution is 2.09. The zero-order valence-electron chi connectivity index (χ0n) is 13.8. The van der Waals surface area contributed by atoms with E-state index >= 15 is 0 Å². The summed E-state index contributed by atoms with van der Waals surface area (Å²) in [5, 5.41) is 0. The summed E-state index contributed by atoms with van der Waals surface area (Å²) in [6.45, 7) is 8.60. The van der Waals surface area contributed by atoms with Crippen LogP contribution in [-0.2, 0) is 33.3 Å². The number of ether oxygens (including phenoxy) is 5. The maximum absolute atomic E-state index is 11.7. The van der Waals surface area contributed by atoms with Crippen LogP contribution in [0.25, 0.3) is 0 Å². The SMILES string of the molecule is CCOCCOCCOCCC(C(=O)OCC)C(=O)OCC. The van der Waals surface area contributed by atoms with Crippen LogP contribution in [0.4, 0.5) is 0 Å². The minimum Gasteiger partial charge on any atom is -0.465 e. The lowest BCUT2D eigenvalue weighted by atomic mass is 10.1. The highest BCUT2D eigenvalue weighted by molar-refractivity contribution is 5.94. The van der Waals surface area contributed by atoms with Gasteiger partial charge in [0.25, 0.3) is 0 Å². The molecule has 7 heteroatoms. The van der Waals surface area contributed by atoms with Gasteiger partial charge in [-0.1, -0.05) is 0 Å². The first-order valence-electron chi connectivity index (χ1n) is 7.73. The Kier molecular flexibility index (Phi) is 14.0. The van der Waals surface area contributed by atoms with E-state index in [1.54, 1.807) is 13.8 Å². The molecule has 0 aliphatic carbocycles. The number of carbonyl (C=O) groups is 2. The van der Waals surface area contributed by atoms with Gasteiger partial charge in [0, 0.05) is 13.2 Å². The van der Waals surface area contributed by atoms with Gasteiger partial charge in [0.05, 0.1) is 39.6 Å². The lowest BCUT2D eigenvalue weighted by Crippen LogP contribution is -2.29. The fraction of sp³-hybridized carbons (Fsp3) is 0.867. The van der Waals surface area contributed by atoms with Crippen LogP contribution in [0.1, 0.15) is 27.2 Å². The fourth-order valence-electron chi connectivity index (χ4n) is 1.60. The van der Waals surface area contributed by atoms with Crippen LogP contribution in [0.3, 0.4) is 0 Å². The zero-order valence-corrected chi connectivity index (χ0v) is 13.8. The van der Waals surface area contributed by atoms with E-state index in [0.717, 1.165) is 0 Å². The molecule has 0 fully saturated rings. The highest BCUT2D eigenvalue weighted by atomic mass is 16.6. The second-order valence-electron chi connectivity index (χ2n) is 4.27. The van der Waals surface area contributed by atoms with Crippen molar-refractivity contribution in [3.63, 3.8) is 0 Å². The van der Waals surface area contributed by atoms with Crippen molar-refractivity contribution in [3.8, 4) is 0 Å². The molecule has 0 aliphatic rings. The van der Waals surface area contributed by atoms with Crippen molar-refractivity contribution in [1.29, 1.82) is 0 Å². The molecule has 0 saturated carbocycles. The maximum atomic E-state index is 11.7. The van der Waals surface area contributed by atoms with Gasteiger partial charge in [0.2, 0.25) is 0 Å². The van der Waals surface area contributed by atoms with Crippen molar-refractivity contribution < 1.29 is 33.3 Å². The number of hydrogen-bond acceptors (Lipinski definition) is 7. The van der Waals surface area contributed by atoms with Crippen LogP contribution >= 0.6 is 0 Å². The van der Waals surface area contributed by atoms with E-state index in [2.05, 4.69) is 0 Å². The van der Waals surface area contributed by atoms with Crippen LogP contribution in [0, 0.1) is 5.92 Å². The van der Waals surface area contributed by atoms with E-state index in [9.17, 15) is 9.59 Å². The summed E-state index contributed by atoms with van der Waals surface area (Å²) in [5.41, 5.74) is 0. The third-order valence-corrected chi connectivity index (χ3v) is 2.64. The Morgan fingerprint density at radius 1 is 0.682 bits per heavy atom. The van der Waals surface area contributed by atoms with Crippen LogP contribution in [0.2, 0.25) is 0 Å². The van der Waals surface area contributed by atoms with Crippen molar-refractivity contribution in [1.82, 2.24) is 0 Å². The number of rotatable bonds is 14. The van der Waals surface area contributed by atoms with Gasteiger partial charge in [-0.2, -0.15) is 0 Å². The van der Waals surface area contributed by atoms with Crippen LogP contribution < -0.4 is 0 Å². The Balaban J connectivity index is 3.84. The van der Waals surface area contributed by atoms with Crippen molar-refractivity contribution in [2.45, 2.75) is 27.2 Å². The third kappa shape index (κ3) is 10.5. The molecule has 0 aliphatic heterocycles. The standard InChI is InChI=1S/C15H28O7/c1-4-18-9-10-20-12-11-19-8-7-13(14(16)21-5-2)15(17)22-6-3/h13H,4-12H2,1-3H3. The van der Waals surface area contributed by atoms with E-state index < -0.39 is 17.9 Å². The maximum Gasteiger partial charge on any atom is 0.320 e. The molecule has 0 amide bonds. The van der Waals surface area contributed by atoms with Crippen LogP contribution in [0.15, 0.2) is 0 Å². The van der Waals surface area contributed by atoms with Crippen molar-refractivity contribution in [2.24, 2.45) is 5.92 Å². The molecule has 0 aromatic heterocycles. The Labute approximate surface area is 132 Å². The minimum atomic E-state index is -0.932. The van der Waals surface area contributed by atoms with Crippen molar-refractivity contribution in [2.75, 3.05) is 52.9 Å². The smallest absolute Gasteiger partial charge is 0.320 e. The van der Waals surface area contributed by atoms with Gasteiger partial charge in [0.15, 0.2) is 5.92 Å². The van der Waals surface area contributed by atoms with Crippen LogP contribution in [0.5, 0.6) is 0 Å². The molecule has 22 heavy (non-hydrogen) atoms. The first kappa shape index (κ1) is 20.8. The van der Waals surface area contributed by atoms with Gasteiger partial charge in [-0.05, 0) is 27.2 Å². The molecule has 0 aromatic rings. The third-order valence-electron chi connectivity index (χ3n) is 2.64. The molecule has 130 valence electrons. The highest BCUT2D eigenvalue weighted by Gasteiger charge is 2.29. The second kappa shape index (κ2) is 14.7. The largest absolute Gasteiger partial charge is 0.465 e. The summed E-state index contributed by atoms with van der Waals surface area (Å²) in [5.74, 6) is -2.08. The molecule has 0 bridgehead atoms. The van der Waals surface area contributed by atoms with E-state index in [1.807, 2.05) is 6.92 Å². The Hall–Kier alpha value is -1.18. The summed E-state index contributed by atoms with van der Waals surface area (Å²) in [7, 11) is 0. The molecule has 0 radical (unpaired) electrons. The number of esters is 2. The Morgan fingerprint density at radius 2 is 1.14 bits per heavy atom. The molecule has 0 rings (SSSR count). The lowest BCUT2D eigenvalue weighted by Gasteiger charge is -2.14. The topological polar surface area (TPSA) is 80.3 Å². The molecule has 0 atom stereocenters. The summed E-state index contributed by atoms with van der Waals surface area (Å²) in [6.07, 6.45) is 0.233. The zero-order chi connectivity index (χ0) is 16.6. The Bertz CT molecular complexity index is 276. The molecular weight excluding hydrogens is 292 g/mol. The van der Waals surface area contributed by atoms with E-state index in [4.69, 9.17) is 23.7 Å². The molecule has 0 N–H and O–H groups in total. The average Bonchev–Trinajstić information content (AvgIpc) is 2.49. The molecule has 0 heterocycles. The predicted octanol–water partition coefficient (Wildman–Crippen LogP) is 1.19. The predicted molar refractivity (Wildman–Crippen MR) is 79.5 cm³/mol. The summed E-state index contributed by atoms with van der Waals surface area (Å²) < 4.78 is 25.5. The molecule has 0 unspecified atom stereocenters. The van der Waals surface area contributed by atoms with Gasteiger partial charge in [-0.3, -0.25) is 9.59 Å². The molecule has 0 aromatic carbocycles. The van der Waals surface area contributed by atoms with Gasteiger partial charge in [0.1, 0.15) is 0 Å². The summed E-state index contributed by atoms with van der Waals surface area (Å²) in [4.78, 5) is 23.4. The Morgan fingerprint density at radius 3 is 1.59 bits per heavy atom. The normalized spacial score (nSPS) is 10.7. The van der Waals surface area contributed by atoms with E-state index in [0.29, 0.717) is 33.0 Å². The lowest BCUT2D eigenvalue weighted by molar-refractivity contribution is -0.162. The van der Waals surface area contributed by atoms with Crippen LogP contribution in [-0.4, -0.2) is 64.8 Å². The minimum absolute atomic E-state index is 0.225. The molecule has 0 spiro atoms. The number of hydrogen-bond donors (Lipinski definition) is 0. The fourth-order valence-corrected chi connectivity index (χ4v) is 1.60. The first-order chi connectivity index (χ1) is 10.7. The summed E-state index contributed by atoms with van der Waals surface area (Å²) in [6, 6.07) is 0. The molecular formula is C15H28O7. The van der Waals surface area contributed by atoms with Gasteiger partial charge >= 0.3 is 11.9 Å². The quantitative estimate of drug-likeness (QED) is 0.270. The van der Waals surface area contributed by atoms with Gasteiger partial charge in [-0.15, -0.1) is 0 Å². The molecule has 7 nitrogen and oxygen atoms in total. The molecule has 0 saturated heterocycles. The summed E-state index contributed by atoms with van der Waals surface area (Å²) >= 11 is 0. The van der Waals surface area contributed by atoms with E-state index in [1.165, 1.54) is 0 Å². The average molecular weight is 320 g/mol. The van der Waals surface area contributed by atoms with E-state index in [-0.39, 0.29) is 26.2 Å². The van der Waals surface area contributed by atoms with Crippen molar-refractivity contribution in [3.05, 3.63) is 0 Å². The second-order valence-corrected chi connectivity index (χ2v) is 4.27.